The van der Waals surface area contributed by atoms with E-state index in [1.54, 1.807) is 35.6 Å². The minimum Gasteiger partial charge on any atom is -0.452 e. The van der Waals surface area contributed by atoms with Gasteiger partial charge < -0.3 is 10.1 Å². The molecule has 7 heteroatoms. The number of Topliss-reactive ketones (excluding diaryl/α,β-unsaturated/α-hetero) is 1. The molecule has 0 spiro atoms. The number of hydrogen-bond donors (Lipinski definition) is 1. The average molecular weight is 377 g/mol. The molecule has 0 unspecified atom stereocenters. The van der Waals surface area contributed by atoms with E-state index in [1.165, 1.54) is 30.5 Å². The zero-order valence-corrected chi connectivity index (χ0v) is 15.6. The number of para-hydroxylation sites is 1. The lowest BCUT2D eigenvalue weighted by molar-refractivity contribution is -0.150. The number of ketones is 1. The molecule has 0 aliphatic carbocycles. The molecule has 0 radical (unpaired) electrons. The number of carbonyl (C=O) groups excluding carboxylic acids is 3. The molecule has 1 aromatic heterocycles. The van der Waals surface area contributed by atoms with E-state index in [4.69, 9.17) is 4.74 Å². The number of benzene rings is 1. The molecule has 2 rings (SSSR count). The highest BCUT2D eigenvalue weighted by Gasteiger charge is 2.19. The maximum Gasteiger partial charge on any atom is 0.316 e. The Hall–Kier alpha value is -2.12. The van der Waals surface area contributed by atoms with Gasteiger partial charge in [0.1, 0.15) is 0 Å². The first kappa shape index (κ1) is 19.2. The molecular weight excluding hydrogens is 358 g/mol. The number of rotatable bonds is 8. The predicted molar refractivity (Wildman–Crippen MR) is 101 cm³/mol. The van der Waals surface area contributed by atoms with Crippen LogP contribution in [0.25, 0.3) is 0 Å². The van der Waals surface area contributed by atoms with Gasteiger partial charge in [-0.15, -0.1) is 23.1 Å². The number of hydrogen-bond acceptors (Lipinski definition) is 6. The molecule has 132 valence electrons. The minimum atomic E-state index is -0.935. The summed E-state index contributed by atoms with van der Waals surface area (Å²) in [6.45, 7) is 2.94. The van der Waals surface area contributed by atoms with E-state index < -0.39 is 18.0 Å². The Kier molecular flexibility index (Phi) is 7.21. The Morgan fingerprint density at radius 1 is 1.20 bits per heavy atom. The summed E-state index contributed by atoms with van der Waals surface area (Å²) in [4.78, 5) is 36.8. The summed E-state index contributed by atoms with van der Waals surface area (Å²) in [5.74, 6) is -0.140. The number of nitrogens with one attached hydrogen (secondary N) is 1. The summed E-state index contributed by atoms with van der Waals surface area (Å²) in [6.07, 6.45) is -0.935. The highest BCUT2D eigenvalue weighted by molar-refractivity contribution is 7.99. The van der Waals surface area contributed by atoms with Gasteiger partial charge in [-0.3, -0.25) is 14.4 Å². The number of amides is 1. The first-order chi connectivity index (χ1) is 12.0. The van der Waals surface area contributed by atoms with E-state index in [9.17, 15) is 14.4 Å². The molecule has 1 N–H and O–H groups in total. The summed E-state index contributed by atoms with van der Waals surface area (Å²) in [5, 5.41) is 4.62. The van der Waals surface area contributed by atoms with Crippen molar-refractivity contribution in [3.05, 3.63) is 52.2 Å². The average Bonchev–Trinajstić information content (AvgIpc) is 3.08. The zero-order valence-electron chi connectivity index (χ0n) is 14.0. The van der Waals surface area contributed by atoms with E-state index in [1.807, 2.05) is 17.5 Å². The fourth-order valence-electron chi connectivity index (χ4n) is 2.05. The van der Waals surface area contributed by atoms with Gasteiger partial charge in [0.25, 0.3) is 5.91 Å². The number of carbonyl (C=O) groups is 3. The molecule has 1 atom stereocenters. The molecule has 1 heterocycles. The first-order valence-electron chi connectivity index (χ1n) is 7.68. The Labute approximate surface area is 154 Å². The Bertz CT molecular complexity index is 743. The summed E-state index contributed by atoms with van der Waals surface area (Å²) < 4.78 is 5.15. The predicted octanol–water partition coefficient (Wildman–Crippen LogP) is 3.75. The Balaban J connectivity index is 1.81. The van der Waals surface area contributed by atoms with Gasteiger partial charge in [-0.25, -0.2) is 0 Å². The molecule has 25 heavy (non-hydrogen) atoms. The van der Waals surface area contributed by atoms with Crippen molar-refractivity contribution in [2.24, 2.45) is 0 Å². The van der Waals surface area contributed by atoms with Gasteiger partial charge in [0.05, 0.1) is 11.4 Å². The van der Waals surface area contributed by atoms with Crippen LogP contribution in [0.3, 0.4) is 0 Å². The molecule has 0 aliphatic rings. The SMILES string of the molecule is CC(=O)c1ccccc1NC(=O)[C@H](C)OC(=O)CSCc1cccs1. The van der Waals surface area contributed by atoms with Gasteiger partial charge in [0.2, 0.25) is 0 Å². The second kappa shape index (κ2) is 9.39. The normalized spacial score (nSPS) is 11.6. The van der Waals surface area contributed by atoms with Gasteiger partial charge in [-0.1, -0.05) is 18.2 Å². The Morgan fingerprint density at radius 3 is 2.64 bits per heavy atom. The third kappa shape index (κ3) is 6.03. The van der Waals surface area contributed by atoms with Crippen molar-refractivity contribution in [2.45, 2.75) is 25.7 Å². The fraction of sp³-hybridized carbons (Fsp3) is 0.278. The molecule has 1 amide bonds. The molecule has 5 nitrogen and oxygen atoms in total. The molecule has 0 aliphatic heterocycles. The van der Waals surface area contributed by atoms with Crippen LogP contribution in [0.5, 0.6) is 0 Å². The quantitative estimate of drug-likeness (QED) is 0.560. The van der Waals surface area contributed by atoms with Crippen molar-refractivity contribution in [1.82, 2.24) is 0 Å². The largest absolute Gasteiger partial charge is 0.452 e. The van der Waals surface area contributed by atoms with Crippen molar-refractivity contribution in [1.29, 1.82) is 0 Å². The lowest BCUT2D eigenvalue weighted by atomic mass is 10.1. The van der Waals surface area contributed by atoms with E-state index in [-0.39, 0.29) is 11.5 Å². The first-order valence-corrected chi connectivity index (χ1v) is 9.71. The van der Waals surface area contributed by atoms with Crippen LogP contribution in [0.15, 0.2) is 41.8 Å². The van der Waals surface area contributed by atoms with E-state index in [0.29, 0.717) is 11.3 Å². The molecule has 0 saturated carbocycles. The third-order valence-corrected chi connectivity index (χ3v) is 5.30. The second-order valence-electron chi connectivity index (χ2n) is 5.30. The monoisotopic (exact) mass is 377 g/mol. The molecular formula is C18H19NO4S2. The molecule has 2 aromatic rings. The van der Waals surface area contributed by atoms with Crippen LogP contribution in [-0.2, 0) is 20.1 Å². The van der Waals surface area contributed by atoms with Gasteiger partial charge in [0, 0.05) is 16.2 Å². The molecule has 0 fully saturated rings. The highest BCUT2D eigenvalue weighted by atomic mass is 32.2. The number of ether oxygens (including phenoxy) is 1. The standard InChI is InChI=1S/C18H19NO4S2/c1-12(20)15-7-3-4-8-16(15)19-18(22)13(2)23-17(21)11-24-10-14-6-5-9-25-14/h3-9,13H,10-11H2,1-2H3,(H,19,22)/t13-/m0/s1. The van der Waals surface area contributed by atoms with Crippen LogP contribution in [-0.4, -0.2) is 29.5 Å². The molecule has 0 bridgehead atoms. The van der Waals surface area contributed by atoms with Crippen molar-refractivity contribution >= 4 is 46.4 Å². The van der Waals surface area contributed by atoms with Gasteiger partial charge in [-0.2, -0.15) is 0 Å². The number of esters is 1. The minimum absolute atomic E-state index is 0.148. The van der Waals surface area contributed by atoms with Crippen molar-refractivity contribution < 1.29 is 19.1 Å². The lowest BCUT2D eigenvalue weighted by Crippen LogP contribution is -2.31. The number of anilines is 1. The summed E-state index contributed by atoms with van der Waals surface area (Å²) in [7, 11) is 0. The topological polar surface area (TPSA) is 72.5 Å². The highest BCUT2D eigenvalue weighted by Crippen LogP contribution is 2.18. The van der Waals surface area contributed by atoms with Crippen molar-refractivity contribution in [2.75, 3.05) is 11.1 Å². The summed E-state index contributed by atoms with van der Waals surface area (Å²) >= 11 is 3.08. The van der Waals surface area contributed by atoms with Crippen LogP contribution < -0.4 is 5.32 Å². The van der Waals surface area contributed by atoms with E-state index in [0.717, 1.165) is 5.75 Å². The zero-order chi connectivity index (χ0) is 18.2. The van der Waals surface area contributed by atoms with Crippen LogP contribution in [0, 0.1) is 0 Å². The second-order valence-corrected chi connectivity index (χ2v) is 7.31. The van der Waals surface area contributed by atoms with Gasteiger partial charge >= 0.3 is 5.97 Å². The van der Waals surface area contributed by atoms with Crippen LogP contribution in [0.1, 0.15) is 29.1 Å². The van der Waals surface area contributed by atoms with Gasteiger partial charge in [0.15, 0.2) is 11.9 Å². The van der Waals surface area contributed by atoms with Gasteiger partial charge in [-0.05, 0) is 37.4 Å². The maximum absolute atomic E-state index is 12.2. The van der Waals surface area contributed by atoms with Crippen molar-refractivity contribution in [3.8, 4) is 0 Å². The smallest absolute Gasteiger partial charge is 0.316 e. The number of thioether (sulfide) groups is 1. The summed E-state index contributed by atoms with van der Waals surface area (Å²) in [5.41, 5.74) is 0.829. The number of thiophene rings is 1. The maximum atomic E-state index is 12.2. The lowest BCUT2D eigenvalue weighted by Gasteiger charge is -2.14. The van der Waals surface area contributed by atoms with E-state index in [2.05, 4.69) is 5.32 Å². The van der Waals surface area contributed by atoms with Crippen LogP contribution in [0.4, 0.5) is 5.69 Å². The Morgan fingerprint density at radius 2 is 1.96 bits per heavy atom. The summed E-state index contributed by atoms with van der Waals surface area (Å²) in [6, 6.07) is 10.7. The van der Waals surface area contributed by atoms with Crippen molar-refractivity contribution in [3.63, 3.8) is 0 Å². The molecule has 0 saturated heterocycles. The third-order valence-electron chi connectivity index (χ3n) is 3.29. The van der Waals surface area contributed by atoms with Crippen LogP contribution in [0.2, 0.25) is 0 Å². The fourth-order valence-corrected chi connectivity index (χ4v) is 3.69. The van der Waals surface area contributed by atoms with Crippen LogP contribution >= 0.6 is 23.1 Å². The van der Waals surface area contributed by atoms with E-state index >= 15 is 0 Å². The molecule has 1 aromatic carbocycles.